The van der Waals surface area contributed by atoms with E-state index < -0.39 is 26.5 Å². The highest BCUT2D eigenvalue weighted by Gasteiger charge is 2.24. The van der Waals surface area contributed by atoms with Crippen LogP contribution in [0.5, 0.6) is 0 Å². The first-order chi connectivity index (χ1) is 26.8. The van der Waals surface area contributed by atoms with Gasteiger partial charge >= 0.3 is 19.8 Å². The molecule has 0 radical (unpaired) electrons. The largest absolute Gasteiger partial charge is 0.472 e. The number of hydrogen-bond donors (Lipinski definition) is 1. The quantitative estimate of drug-likeness (QED) is 0.0282. The number of hydrogen-bond acceptors (Lipinski definition) is 7. The summed E-state index contributed by atoms with van der Waals surface area (Å²) in [5.41, 5.74) is 0. The van der Waals surface area contributed by atoms with Gasteiger partial charge in [0.05, 0.1) is 6.61 Å². The van der Waals surface area contributed by atoms with Gasteiger partial charge in [-0.15, -0.1) is 0 Å². The van der Waals surface area contributed by atoms with E-state index in [2.05, 4.69) is 67.0 Å². The average Bonchev–Trinajstić information content (AvgIpc) is 3.18. The topological polar surface area (TPSA) is 108 Å². The van der Waals surface area contributed by atoms with Gasteiger partial charge in [-0.1, -0.05) is 165 Å². The Morgan fingerprint density at radius 2 is 0.873 bits per heavy atom. The molecule has 0 saturated carbocycles. The molecule has 0 heterocycles. The Hall–Kier alpha value is -1.99. The molecule has 9 heteroatoms. The monoisotopic (exact) mass is 795 g/mol. The van der Waals surface area contributed by atoms with Gasteiger partial charge in [0, 0.05) is 20.0 Å². The molecule has 0 bridgehead atoms. The third-order valence-electron chi connectivity index (χ3n) is 9.55. The molecule has 0 amide bonds. The summed E-state index contributed by atoms with van der Waals surface area (Å²) in [4.78, 5) is 34.5. The number of carbonyl (C=O) groups is 2. The highest BCUT2D eigenvalue weighted by Crippen LogP contribution is 2.42. The van der Waals surface area contributed by atoms with Gasteiger partial charge in [-0.2, -0.15) is 0 Å². The van der Waals surface area contributed by atoms with Crippen LogP contribution in [0.4, 0.5) is 0 Å². The van der Waals surface area contributed by atoms with Crippen molar-refractivity contribution >= 4 is 19.8 Å². The van der Waals surface area contributed by atoms with Crippen LogP contribution in [-0.4, -0.2) is 43.3 Å². The lowest BCUT2D eigenvalue weighted by atomic mass is 10.1. The van der Waals surface area contributed by atoms with Gasteiger partial charge in [0.1, 0.15) is 6.61 Å². The Kier molecular flexibility index (Phi) is 40.1. The molecule has 320 valence electrons. The van der Waals surface area contributed by atoms with Crippen LogP contribution < -0.4 is 0 Å². The molecule has 0 saturated heterocycles. The van der Waals surface area contributed by atoms with Gasteiger partial charge < -0.3 is 14.4 Å². The average molecular weight is 795 g/mol. The highest BCUT2D eigenvalue weighted by atomic mass is 31.2. The van der Waals surface area contributed by atoms with Crippen LogP contribution in [0, 0.1) is 0 Å². The SMILES string of the molecule is CCCCCC/C=C\C/C=C\CCCCCCCCCC(=O)OCC(COP(=O)(O)OC)OC(=O)CCCCCCCCC/C=C\C/C=C\CCCCCC. The summed E-state index contributed by atoms with van der Waals surface area (Å²) < 4.78 is 32.0. The van der Waals surface area contributed by atoms with E-state index in [-0.39, 0.29) is 25.4 Å². The summed E-state index contributed by atoms with van der Waals surface area (Å²) in [6, 6.07) is 0. The Morgan fingerprint density at radius 3 is 1.27 bits per heavy atom. The van der Waals surface area contributed by atoms with Gasteiger partial charge in [-0.3, -0.25) is 18.6 Å². The fourth-order valence-corrected chi connectivity index (χ4v) is 6.53. The molecule has 1 N–H and O–H groups in total. The lowest BCUT2D eigenvalue weighted by Crippen LogP contribution is -2.29. The molecule has 8 nitrogen and oxygen atoms in total. The molecule has 0 fully saturated rings. The highest BCUT2D eigenvalue weighted by molar-refractivity contribution is 7.47. The van der Waals surface area contributed by atoms with Crippen LogP contribution in [0.15, 0.2) is 48.6 Å². The number of allylic oxidation sites excluding steroid dienone is 8. The van der Waals surface area contributed by atoms with Crippen LogP contribution in [0.3, 0.4) is 0 Å². The van der Waals surface area contributed by atoms with Crippen LogP contribution in [0.25, 0.3) is 0 Å². The number of phosphoric ester groups is 1. The molecule has 0 spiro atoms. The Morgan fingerprint density at radius 1 is 0.509 bits per heavy atom. The minimum absolute atomic E-state index is 0.233. The van der Waals surface area contributed by atoms with Crippen molar-refractivity contribution in [1.29, 1.82) is 0 Å². The maximum Gasteiger partial charge on any atom is 0.472 e. The molecule has 0 aromatic heterocycles. The number of ether oxygens (including phenoxy) is 2. The maximum atomic E-state index is 12.5. The van der Waals surface area contributed by atoms with Gasteiger partial charge in [0.25, 0.3) is 0 Å². The van der Waals surface area contributed by atoms with E-state index in [0.29, 0.717) is 6.42 Å². The van der Waals surface area contributed by atoms with Crippen molar-refractivity contribution in [3.05, 3.63) is 48.6 Å². The normalized spacial score (nSPS) is 13.7. The number of carbonyl (C=O) groups excluding carboxylic acids is 2. The molecule has 0 aromatic carbocycles. The zero-order chi connectivity index (χ0) is 40.3. The summed E-state index contributed by atoms with van der Waals surface area (Å²) in [6.07, 6.45) is 50.1. The minimum Gasteiger partial charge on any atom is -0.462 e. The number of phosphoric acid groups is 1. The Bertz CT molecular complexity index is 1040. The predicted molar refractivity (Wildman–Crippen MR) is 230 cm³/mol. The molecule has 0 aromatic rings. The number of unbranched alkanes of at least 4 members (excludes halogenated alkanes) is 22. The molecular formula is C46H83O8P. The minimum atomic E-state index is -4.27. The van der Waals surface area contributed by atoms with Crippen molar-refractivity contribution in [2.24, 2.45) is 0 Å². The third-order valence-corrected chi connectivity index (χ3v) is 10.5. The maximum absolute atomic E-state index is 12.5. The molecule has 0 aliphatic rings. The van der Waals surface area contributed by atoms with E-state index in [1.807, 2.05) is 0 Å². The second kappa shape index (κ2) is 41.6. The van der Waals surface area contributed by atoms with Gasteiger partial charge in [-0.05, 0) is 77.0 Å². The Labute approximate surface area is 338 Å². The van der Waals surface area contributed by atoms with Crippen LogP contribution in [-0.2, 0) is 32.7 Å². The van der Waals surface area contributed by atoms with Gasteiger partial charge in [0.15, 0.2) is 6.10 Å². The number of rotatable bonds is 41. The third kappa shape index (κ3) is 41.5. The standard InChI is InChI=1S/C46H83O8P/c1-4-6-8-10-12-14-16-18-20-22-24-26-28-30-32-34-36-38-40-45(47)52-42-44(43-53-55(49,50)51-3)54-46(48)41-39-37-35-33-31-29-27-25-23-21-19-17-15-13-11-9-7-5-2/h14-17,20-23,44H,4-13,18-19,24-43H2,1-3H3,(H,49,50)/b16-14-,17-15-,22-20-,23-21-. The van der Waals surface area contributed by atoms with Crippen molar-refractivity contribution in [3.8, 4) is 0 Å². The van der Waals surface area contributed by atoms with E-state index >= 15 is 0 Å². The predicted octanol–water partition coefficient (Wildman–Crippen LogP) is 14.2. The van der Waals surface area contributed by atoms with Gasteiger partial charge in [0.2, 0.25) is 0 Å². The fraction of sp³-hybridized carbons (Fsp3) is 0.783. The molecule has 0 aliphatic heterocycles. The number of esters is 2. The van der Waals surface area contributed by atoms with E-state index in [0.717, 1.165) is 77.7 Å². The Balaban J connectivity index is 4.01. The second-order valence-corrected chi connectivity index (χ2v) is 16.4. The smallest absolute Gasteiger partial charge is 0.462 e. The van der Waals surface area contributed by atoms with Crippen LogP contribution in [0.2, 0.25) is 0 Å². The van der Waals surface area contributed by atoms with Crippen molar-refractivity contribution in [1.82, 2.24) is 0 Å². The second-order valence-electron chi connectivity index (χ2n) is 14.8. The van der Waals surface area contributed by atoms with Crippen molar-refractivity contribution < 1.29 is 37.6 Å². The first kappa shape index (κ1) is 53.0. The summed E-state index contributed by atoms with van der Waals surface area (Å²) in [7, 11) is -3.21. The molecule has 2 atom stereocenters. The zero-order valence-electron chi connectivity index (χ0n) is 35.6. The summed E-state index contributed by atoms with van der Waals surface area (Å²) >= 11 is 0. The van der Waals surface area contributed by atoms with E-state index in [4.69, 9.17) is 14.0 Å². The summed E-state index contributed by atoms with van der Waals surface area (Å²) in [6.45, 7) is 3.85. The van der Waals surface area contributed by atoms with Crippen molar-refractivity contribution in [2.75, 3.05) is 20.3 Å². The van der Waals surface area contributed by atoms with Crippen molar-refractivity contribution in [3.63, 3.8) is 0 Å². The molecule has 0 aliphatic carbocycles. The van der Waals surface area contributed by atoms with E-state index in [1.165, 1.54) is 103 Å². The van der Waals surface area contributed by atoms with Crippen molar-refractivity contribution in [2.45, 2.75) is 213 Å². The molecular weight excluding hydrogens is 711 g/mol. The van der Waals surface area contributed by atoms with Crippen LogP contribution in [0.1, 0.15) is 206 Å². The van der Waals surface area contributed by atoms with E-state index in [1.54, 1.807) is 0 Å². The van der Waals surface area contributed by atoms with Gasteiger partial charge in [-0.25, -0.2) is 4.57 Å². The first-order valence-corrected chi connectivity index (χ1v) is 23.8. The molecule has 55 heavy (non-hydrogen) atoms. The molecule has 0 rings (SSSR count). The molecule has 2 unspecified atom stereocenters. The zero-order valence-corrected chi connectivity index (χ0v) is 36.5. The summed E-state index contributed by atoms with van der Waals surface area (Å²) in [5, 5.41) is 0. The lowest BCUT2D eigenvalue weighted by Gasteiger charge is -2.19. The van der Waals surface area contributed by atoms with Crippen LogP contribution >= 0.6 is 7.82 Å². The fourth-order valence-electron chi connectivity index (χ4n) is 6.07. The van der Waals surface area contributed by atoms with E-state index in [9.17, 15) is 19.0 Å². The summed E-state index contributed by atoms with van der Waals surface area (Å²) in [5.74, 6) is -0.820. The lowest BCUT2D eigenvalue weighted by molar-refractivity contribution is -0.161. The first-order valence-electron chi connectivity index (χ1n) is 22.3.